The molecule has 0 spiro atoms. The lowest BCUT2D eigenvalue weighted by Gasteiger charge is -2.11. The lowest BCUT2D eigenvalue weighted by Crippen LogP contribution is -2.06. The van der Waals surface area contributed by atoms with Crippen LogP contribution >= 0.6 is 0 Å². The van der Waals surface area contributed by atoms with Gasteiger partial charge in [-0.2, -0.15) is 0 Å². The molecule has 2 heterocycles. The van der Waals surface area contributed by atoms with Crippen LogP contribution < -0.4 is 5.32 Å². The molecule has 0 aliphatic carbocycles. The Morgan fingerprint density at radius 3 is 2.48 bits per heavy atom. The number of anilines is 1. The van der Waals surface area contributed by atoms with Gasteiger partial charge >= 0.3 is 0 Å². The van der Waals surface area contributed by atoms with Crippen molar-refractivity contribution >= 4 is 16.7 Å². The van der Waals surface area contributed by atoms with Gasteiger partial charge in [-0.3, -0.25) is 4.98 Å². The SMILES string of the molecule is c1ccc(CCCCNc2nc(-c3cccnc3)nc3ccccc23)cc1. The summed E-state index contributed by atoms with van der Waals surface area (Å²) in [5, 5.41) is 4.56. The summed E-state index contributed by atoms with van der Waals surface area (Å²) >= 11 is 0. The molecule has 134 valence electrons. The fourth-order valence-electron chi connectivity index (χ4n) is 3.14. The van der Waals surface area contributed by atoms with Crippen molar-refractivity contribution in [3.05, 3.63) is 84.7 Å². The molecule has 2 aromatic carbocycles. The van der Waals surface area contributed by atoms with E-state index in [4.69, 9.17) is 9.97 Å². The van der Waals surface area contributed by atoms with Gasteiger partial charge in [-0.15, -0.1) is 0 Å². The lowest BCUT2D eigenvalue weighted by atomic mass is 10.1. The predicted octanol–water partition coefficient (Wildman–Crippen LogP) is 5.13. The van der Waals surface area contributed by atoms with Crippen LogP contribution in [0.3, 0.4) is 0 Å². The van der Waals surface area contributed by atoms with Crippen LogP contribution in [0.4, 0.5) is 5.82 Å². The monoisotopic (exact) mass is 354 g/mol. The molecule has 0 amide bonds. The number of unbranched alkanes of at least 4 members (excludes halogenated alkanes) is 1. The highest BCUT2D eigenvalue weighted by atomic mass is 15.0. The second-order valence-corrected chi connectivity index (χ2v) is 6.52. The number of rotatable bonds is 7. The fourth-order valence-corrected chi connectivity index (χ4v) is 3.14. The van der Waals surface area contributed by atoms with Crippen LogP contribution in [0.2, 0.25) is 0 Å². The number of hydrogen-bond acceptors (Lipinski definition) is 4. The third kappa shape index (κ3) is 4.29. The van der Waals surface area contributed by atoms with Gasteiger partial charge in [0.15, 0.2) is 5.82 Å². The van der Waals surface area contributed by atoms with Gasteiger partial charge in [0.25, 0.3) is 0 Å². The molecule has 0 saturated heterocycles. The standard InChI is InChI=1S/C23H22N4/c1-2-9-18(10-3-1)11-6-7-16-25-23-20-13-4-5-14-21(20)26-22(27-23)19-12-8-15-24-17-19/h1-5,8-10,12-15,17H,6-7,11,16H2,(H,25,26,27). The molecule has 0 aliphatic rings. The summed E-state index contributed by atoms with van der Waals surface area (Å²) < 4.78 is 0. The van der Waals surface area contributed by atoms with Crippen LogP contribution in [-0.2, 0) is 6.42 Å². The molecule has 4 rings (SSSR count). The zero-order valence-electron chi connectivity index (χ0n) is 15.2. The third-order valence-electron chi connectivity index (χ3n) is 4.55. The number of aryl methyl sites for hydroxylation is 1. The molecule has 0 fully saturated rings. The smallest absolute Gasteiger partial charge is 0.163 e. The minimum absolute atomic E-state index is 0.702. The Balaban J connectivity index is 1.47. The normalized spacial score (nSPS) is 10.8. The predicted molar refractivity (Wildman–Crippen MR) is 111 cm³/mol. The van der Waals surface area contributed by atoms with Crippen molar-refractivity contribution in [2.75, 3.05) is 11.9 Å². The molecule has 1 N–H and O–H groups in total. The maximum Gasteiger partial charge on any atom is 0.163 e. The number of aromatic nitrogens is 3. The number of nitrogens with one attached hydrogen (secondary N) is 1. The number of hydrogen-bond donors (Lipinski definition) is 1. The fraction of sp³-hybridized carbons (Fsp3) is 0.174. The van der Waals surface area contributed by atoms with E-state index in [0.29, 0.717) is 5.82 Å². The van der Waals surface area contributed by atoms with Crippen molar-refractivity contribution in [1.29, 1.82) is 0 Å². The largest absolute Gasteiger partial charge is 0.369 e. The Hall–Kier alpha value is -3.27. The lowest BCUT2D eigenvalue weighted by molar-refractivity contribution is 0.762. The van der Waals surface area contributed by atoms with Crippen molar-refractivity contribution in [3.63, 3.8) is 0 Å². The van der Waals surface area contributed by atoms with E-state index in [2.05, 4.69) is 46.7 Å². The summed E-state index contributed by atoms with van der Waals surface area (Å²) in [7, 11) is 0. The van der Waals surface area contributed by atoms with E-state index in [-0.39, 0.29) is 0 Å². The summed E-state index contributed by atoms with van der Waals surface area (Å²) in [5.74, 6) is 1.59. The quantitative estimate of drug-likeness (QED) is 0.468. The average molecular weight is 354 g/mol. The summed E-state index contributed by atoms with van der Waals surface area (Å²) in [5.41, 5.74) is 3.26. The van der Waals surface area contributed by atoms with Crippen LogP contribution in [-0.4, -0.2) is 21.5 Å². The average Bonchev–Trinajstić information content (AvgIpc) is 2.74. The Morgan fingerprint density at radius 2 is 1.63 bits per heavy atom. The second-order valence-electron chi connectivity index (χ2n) is 6.52. The number of fused-ring (bicyclic) bond motifs is 1. The molecule has 0 saturated carbocycles. The van der Waals surface area contributed by atoms with E-state index in [9.17, 15) is 0 Å². The van der Waals surface area contributed by atoms with Gasteiger partial charge in [-0.1, -0.05) is 42.5 Å². The van der Waals surface area contributed by atoms with Gasteiger partial charge in [0.1, 0.15) is 5.82 Å². The van der Waals surface area contributed by atoms with Crippen LogP contribution in [0.15, 0.2) is 79.1 Å². The van der Waals surface area contributed by atoms with Gasteiger partial charge in [-0.25, -0.2) is 9.97 Å². The van der Waals surface area contributed by atoms with E-state index < -0.39 is 0 Å². The highest BCUT2D eigenvalue weighted by Gasteiger charge is 2.09. The van der Waals surface area contributed by atoms with E-state index >= 15 is 0 Å². The third-order valence-corrected chi connectivity index (χ3v) is 4.55. The number of nitrogens with zero attached hydrogens (tertiary/aromatic N) is 3. The maximum absolute atomic E-state index is 4.76. The first-order valence-electron chi connectivity index (χ1n) is 9.35. The van der Waals surface area contributed by atoms with Crippen molar-refractivity contribution in [3.8, 4) is 11.4 Å². The first-order valence-corrected chi connectivity index (χ1v) is 9.35. The maximum atomic E-state index is 4.76. The van der Waals surface area contributed by atoms with Crippen LogP contribution in [0, 0.1) is 0 Å². The summed E-state index contributed by atoms with van der Waals surface area (Å²) in [6.45, 7) is 0.889. The first kappa shape index (κ1) is 17.2. The molecule has 0 unspecified atom stereocenters. The van der Waals surface area contributed by atoms with Gasteiger partial charge in [-0.05, 0) is 49.1 Å². The van der Waals surface area contributed by atoms with Gasteiger partial charge in [0, 0.05) is 29.9 Å². The summed E-state index contributed by atoms with van der Waals surface area (Å²) in [6, 6.07) is 22.6. The molecule has 0 radical (unpaired) electrons. The minimum Gasteiger partial charge on any atom is -0.369 e. The minimum atomic E-state index is 0.702. The van der Waals surface area contributed by atoms with E-state index in [1.165, 1.54) is 5.56 Å². The summed E-state index contributed by atoms with van der Waals surface area (Å²) in [6.07, 6.45) is 6.91. The first-order chi connectivity index (χ1) is 13.4. The summed E-state index contributed by atoms with van der Waals surface area (Å²) in [4.78, 5) is 13.6. The molecule has 0 bridgehead atoms. The highest BCUT2D eigenvalue weighted by molar-refractivity contribution is 5.90. The Bertz CT molecular complexity index is 1000. The van der Waals surface area contributed by atoms with Crippen molar-refractivity contribution in [2.24, 2.45) is 0 Å². The molecule has 0 aliphatic heterocycles. The van der Waals surface area contributed by atoms with E-state index in [0.717, 1.165) is 48.1 Å². The number of benzene rings is 2. The second kappa shape index (κ2) is 8.41. The Kier molecular flexibility index (Phi) is 5.34. The zero-order chi connectivity index (χ0) is 18.3. The Labute approximate surface area is 159 Å². The molecule has 2 aromatic heterocycles. The topological polar surface area (TPSA) is 50.7 Å². The van der Waals surface area contributed by atoms with Crippen LogP contribution in [0.25, 0.3) is 22.3 Å². The van der Waals surface area contributed by atoms with Gasteiger partial charge in [0.05, 0.1) is 5.52 Å². The highest BCUT2D eigenvalue weighted by Crippen LogP contribution is 2.24. The van der Waals surface area contributed by atoms with Crippen molar-refractivity contribution in [2.45, 2.75) is 19.3 Å². The molecule has 4 nitrogen and oxygen atoms in total. The van der Waals surface area contributed by atoms with Crippen LogP contribution in [0.1, 0.15) is 18.4 Å². The molecule has 27 heavy (non-hydrogen) atoms. The number of para-hydroxylation sites is 1. The molecule has 4 aromatic rings. The molecular weight excluding hydrogens is 332 g/mol. The van der Waals surface area contributed by atoms with E-state index in [1.807, 2.05) is 30.3 Å². The van der Waals surface area contributed by atoms with Crippen LogP contribution in [0.5, 0.6) is 0 Å². The number of pyridine rings is 1. The van der Waals surface area contributed by atoms with Crippen molar-refractivity contribution < 1.29 is 0 Å². The van der Waals surface area contributed by atoms with Gasteiger partial charge < -0.3 is 5.32 Å². The van der Waals surface area contributed by atoms with E-state index in [1.54, 1.807) is 12.4 Å². The molecular formula is C23H22N4. The van der Waals surface area contributed by atoms with Crippen molar-refractivity contribution in [1.82, 2.24) is 15.0 Å². The Morgan fingerprint density at radius 1 is 0.778 bits per heavy atom. The zero-order valence-corrected chi connectivity index (χ0v) is 15.2. The molecule has 4 heteroatoms. The molecule has 0 atom stereocenters. The van der Waals surface area contributed by atoms with Gasteiger partial charge in [0.2, 0.25) is 0 Å².